The molecule has 1 fully saturated rings. The Labute approximate surface area is 143 Å². The van der Waals surface area contributed by atoms with Crippen molar-refractivity contribution in [3.05, 3.63) is 40.2 Å². The molecule has 0 radical (unpaired) electrons. The van der Waals surface area contributed by atoms with E-state index in [0.717, 1.165) is 0 Å². The summed E-state index contributed by atoms with van der Waals surface area (Å²) in [5.41, 5.74) is -1.20. The predicted molar refractivity (Wildman–Crippen MR) is 86.7 cm³/mol. The van der Waals surface area contributed by atoms with E-state index >= 15 is 0 Å². The molecule has 0 bridgehead atoms. The maximum atomic E-state index is 12.6. The molecule has 4 rings (SSSR count). The third kappa shape index (κ3) is 1.88. The molecule has 1 N–H and O–H groups in total. The van der Waals surface area contributed by atoms with Gasteiger partial charge < -0.3 is 13.9 Å². The zero-order valence-corrected chi connectivity index (χ0v) is 14.0. The smallest absolute Gasteiger partial charge is 0.351 e. The largest absolute Gasteiger partial charge is 0.436 e. The van der Waals surface area contributed by atoms with Gasteiger partial charge in [-0.1, -0.05) is 26.0 Å². The van der Waals surface area contributed by atoms with Crippen molar-refractivity contribution in [2.75, 3.05) is 0 Å². The molecule has 0 amide bonds. The number of hydrogen-bond acceptors (Lipinski definition) is 7. The summed E-state index contributed by atoms with van der Waals surface area (Å²) in [7, 11) is 0. The van der Waals surface area contributed by atoms with Gasteiger partial charge in [0.25, 0.3) is 0 Å². The Bertz CT molecular complexity index is 1000. The first-order valence-corrected chi connectivity index (χ1v) is 8.00. The zero-order valence-electron chi connectivity index (χ0n) is 14.0. The number of fused-ring (bicyclic) bond motifs is 4. The van der Waals surface area contributed by atoms with E-state index in [1.807, 2.05) is 13.8 Å². The number of esters is 1. The summed E-state index contributed by atoms with van der Waals surface area (Å²) in [6, 6.07) is 9.12. The fraction of sp³-hybridized carbons (Fsp3) is 0.389. The number of benzene rings is 1. The molecular weight excluding hydrogens is 324 g/mol. The molecule has 1 aromatic carbocycles. The van der Waals surface area contributed by atoms with Crippen molar-refractivity contribution in [2.24, 2.45) is 5.92 Å². The van der Waals surface area contributed by atoms with Crippen LogP contribution in [0.2, 0.25) is 0 Å². The second kappa shape index (κ2) is 4.83. The van der Waals surface area contributed by atoms with Gasteiger partial charge >= 0.3 is 17.5 Å². The van der Waals surface area contributed by atoms with Crippen molar-refractivity contribution in [1.82, 2.24) is 5.32 Å². The molecule has 0 aliphatic carbocycles. The monoisotopic (exact) mass is 340 g/mol. The Morgan fingerprint density at radius 1 is 1.40 bits per heavy atom. The van der Waals surface area contributed by atoms with Crippen molar-refractivity contribution < 1.29 is 18.7 Å². The molecule has 1 aromatic heterocycles. The third-order valence-electron chi connectivity index (χ3n) is 4.77. The van der Waals surface area contributed by atoms with Crippen molar-refractivity contribution in [3.8, 4) is 11.8 Å². The quantitative estimate of drug-likeness (QED) is 0.505. The summed E-state index contributed by atoms with van der Waals surface area (Å²) in [6.07, 6.45) is 0. The lowest BCUT2D eigenvalue weighted by Crippen LogP contribution is -2.46. The highest BCUT2D eigenvalue weighted by Gasteiger charge is 2.82. The summed E-state index contributed by atoms with van der Waals surface area (Å²) in [5.74, 6) is -2.53. The molecule has 2 aromatic rings. The van der Waals surface area contributed by atoms with E-state index < -0.39 is 29.0 Å². The molecular formula is C18H16N2O5. The minimum absolute atomic E-state index is 0.101. The van der Waals surface area contributed by atoms with Gasteiger partial charge in [-0.15, -0.1) is 0 Å². The Morgan fingerprint density at radius 3 is 2.76 bits per heavy atom. The van der Waals surface area contributed by atoms with Gasteiger partial charge in [0, 0.05) is 12.8 Å². The van der Waals surface area contributed by atoms with Gasteiger partial charge in [-0.05, 0) is 18.1 Å². The van der Waals surface area contributed by atoms with E-state index in [1.165, 1.54) is 6.92 Å². The Kier molecular flexibility index (Phi) is 3.03. The maximum absolute atomic E-state index is 12.6. The summed E-state index contributed by atoms with van der Waals surface area (Å²) in [4.78, 5) is 24.2. The summed E-state index contributed by atoms with van der Waals surface area (Å²) in [6.45, 7) is 5.04. The number of hydrogen-bond donors (Lipinski definition) is 1. The maximum Gasteiger partial charge on any atom is 0.351 e. The van der Waals surface area contributed by atoms with Crippen LogP contribution >= 0.6 is 0 Å². The van der Waals surface area contributed by atoms with E-state index in [4.69, 9.17) is 13.9 Å². The number of para-hydroxylation sites is 1. The second-order valence-electron chi connectivity index (χ2n) is 6.71. The van der Waals surface area contributed by atoms with Crippen LogP contribution in [0.1, 0.15) is 32.3 Å². The summed E-state index contributed by atoms with van der Waals surface area (Å²) < 4.78 is 16.7. The van der Waals surface area contributed by atoms with Gasteiger partial charge in [-0.3, -0.25) is 4.79 Å². The molecule has 7 heteroatoms. The molecule has 3 atom stereocenters. The second-order valence-corrected chi connectivity index (χ2v) is 6.71. The minimum Gasteiger partial charge on any atom is -0.436 e. The number of nitriles is 1. The van der Waals surface area contributed by atoms with Gasteiger partial charge in [0.05, 0.1) is 17.0 Å². The number of carbonyl (C=O) groups is 1. The van der Waals surface area contributed by atoms with E-state index in [0.29, 0.717) is 22.3 Å². The lowest BCUT2D eigenvalue weighted by molar-refractivity contribution is -0.174. The van der Waals surface area contributed by atoms with Crippen molar-refractivity contribution in [1.29, 1.82) is 5.26 Å². The predicted octanol–water partition coefficient (Wildman–Crippen LogP) is 2.01. The lowest BCUT2D eigenvalue weighted by Gasteiger charge is -2.33. The first kappa shape index (κ1) is 15.7. The van der Waals surface area contributed by atoms with Crippen LogP contribution in [-0.4, -0.2) is 17.4 Å². The highest BCUT2D eigenvalue weighted by Crippen LogP contribution is 2.58. The van der Waals surface area contributed by atoms with Gasteiger partial charge in [-0.2, -0.15) is 5.26 Å². The molecule has 3 heterocycles. The lowest BCUT2D eigenvalue weighted by atomic mass is 9.76. The molecule has 2 aliphatic heterocycles. The van der Waals surface area contributed by atoms with E-state index in [1.54, 1.807) is 24.3 Å². The van der Waals surface area contributed by atoms with Crippen LogP contribution in [0.25, 0.3) is 11.0 Å². The number of ether oxygens (including phenoxy) is 2. The van der Waals surface area contributed by atoms with Gasteiger partial charge in [-0.25, -0.2) is 10.1 Å². The van der Waals surface area contributed by atoms with Gasteiger partial charge in [0.2, 0.25) is 5.54 Å². The van der Waals surface area contributed by atoms with Gasteiger partial charge in [0.15, 0.2) is 0 Å². The topological polar surface area (TPSA) is 111 Å². The Morgan fingerprint density at radius 2 is 2.12 bits per heavy atom. The standard InChI is InChI=1S/C18H16N2O5/c1-9(2)14-13-15(11-6-4-5-7-12(11)23-16(13)22)25-18(24-10(3)21)17(14,8-19)20-18/h4-7,9,14,20H,1-3H3/t14-,17-,18+/m1/s1. The fourth-order valence-corrected chi connectivity index (χ4v) is 3.82. The highest BCUT2D eigenvalue weighted by molar-refractivity contribution is 5.85. The van der Waals surface area contributed by atoms with Crippen LogP contribution < -0.4 is 15.7 Å². The molecule has 25 heavy (non-hydrogen) atoms. The molecule has 1 saturated heterocycles. The molecule has 0 spiro atoms. The zero-order chi connectivity index (χ0) is 18.0. The number of nitrogens with one attached hydrogen (secondary N) is 1. The Hall–Kier alpha value is -2.85. The molecule has 7 nitrogen and oxygen atoms in total. The Balaban J connectivity index is 2.04. The van der Waals surface area contributed by atoms with Crippen molar-refractivity contribution in [2.45, 2.75) is 38.1 Å². The minimum atomic E-state index is -1.59. The molecule has 0 unspecified atom stereocenters. The van der Waals surface area contributed by atoms with E-state index in [-0.39, 0.29) is 5.92 Å². The molecule has 128 valence electrons. The third-order valence-corrected chi connectivity index (χ3v) is 4.77. The van der Waals surface area contributed by atoms with Crippen LogP contribution in [-0.2, 0) is 9.53 Å². The van der Waals surface area contributed by atoms with Gasteiger partial charge in [0.1, 0.15) is 11.3 Å². The normalized spacial score (nSPS) is 29.3. The summed E-state index contributed by atoms with van der Waals surface area (Å²) in [5, 5.41) is 13.3. The van der Waals surface area contributed by atoms with Crippen LogP contribution in [0.4, 0.5) is 0 Å². The summed E-state index contributed by atoms with van der Waals surface area (Å²) >= 11 is 0. The van der Waals surface area contributed by atoms with Crippen molar-refractivity contribution in [3.63, 3.8) is 0 Å². The highest BCUT2D eigenvalue weighted by atomic mass is 16.8. The van der Waals surface area contributed by atoms with Crippen LogP contribution in [0.15, 0.2) is 33.5 Å². The van der Waals surface area contributed by atoms with E-state index in [9.17, 15) is 14.9 Å². The van der Waals surface area contributed by atoms with Crippen LogP contribution in [0, 0.1) is 17.2 Å². The first-order chi connectivity index (χ1) is 11.8. The SMILES string of the molecule is CC(=O)O[C@@]12N[C@]1(C#N)[C@H](C(C)C)c1c(c3ccccc3oc1=O)O2. The molecule has 0 saturated carbocycles. The molecule has 2 aliphatic rings. The number of rotatable bonds is 2. The number of nitrogens with zero attached hydrogens (tertiary/aromatic N) is 1. The average molecular weight is 340 g/mol. The van der Waals surface area contributed by atoms with E-state index in [2.05, 4.69) is 11.4 Å². The van der Waals surface area contributed by atoms with Crippen molar-refractivity contribution >= 4 is 16.9 Å². The number of carbonyl (C=O) groups excluding carboxylic acids is 1. The fourth-order valence-electron chi connectivity index (χ4n) is 3.82. The first-order valence-electron chi connectivity index (χ1n) is 8.00. The van der Waals surface area contributed by atoms with Crippen LogP contribution in [0.5, 0.6) is 5.75 Å². The van der Waals surface area contributed by atoms with Crippen LogP contribution in [0.3, 0.4) is 0 Å². The average Bonchev–Trinajstić information content (AvgIpc) is 3.19.